The van der Waals surface area contributed by atoms with Gasteiger partial charge >= 0.3 is 12.1 Å². The van der Waals surface area contributed by atoms with E-state index in [9.17, 15) is 24.2 Å². The fraction of sp³-hybridized carbons (Fsp3) is 0.440. The van der Waals surface area contributed by atoms with E-state index in [1.165, 1.54) is 13.0 Å². The summed E-state index contributed by atoms with van der Waals surface area (Å²) in [6.07, 6.45) is -0.336. The Morgan fingerprint density at radius 3 is 2.25 bits per heavy atom. The van der Waals surface area contributed by atoms with Crippen molar-refractivity contribution in [2.45, 2.75) is 59.1 Å². The molecule has 0 unspecified atom stereocenters. The van der Waals surface area contributed by atoms with Crippen molar-refractivity contribution in [2.75, 3.05) is 6.61 Å². The summed E-state index contributed by atoms with van der Waals surface area (Å²) in [4.78, 5) is 24.0. The number of aliphatic hydroxyl groups is 1. The molecule has 32 heavy (non-hydrogen) atoms. The van der Waals surface area contributed by atoms with Crippen LogP contribution in [0.4, 0.5) is 9.18 Å². The number of carbonyl (C=O) groups excluding carboxylic acids is 1. The lowest BCUT2D eigenvalue weighted by Crippen LogP contribution is -2.45. The van der Waals surface area contributed by atoms with Gasteiger partial charge in [0.25, 0.3) is 0 Å². The van der Waals surface area contributed by atoms with E-state index in [-0.39, 0.29) is 12.2 Å². The molecule has 0 fully saturated rings. The monoisotopic (exact) mass is 445 g/mol. The molecule has 0 bridgehead atoms. The third kappa shape index (κ3) is 7.05. The number of hydrogen-bond acceptors (Lipinski definition) is 4. The van der Waals surface area contributed by atoms with E-state index in [1.54, 1.807) is 45.0 Å². The number of nitrogens with one attached hydrogen (secondary N) is 1. The number of halogens is 1. The van der Waals surface area contributed by atoms with Crippen LogP contribution in [-0.2, 0) is 16.0 Å². The van der Waals surface area contributed by atoms with E-state index in [4.69, 9.17) is 4.74 Å². The minimum atomic E-state index is -1.43. The van der Waals surface area contributed by atoms with Crippen molar-refractivity contribution < 1.29 is 28.9 Å². The SMILES string of the molecule is Cc1ccc(F)c(-c2ccc(C[C@H](C[C@@](C)(CO)C(=O)O)NC(=O)OC(C)(C)C)cc2)c1. The van der Waals surface area contributed by atoms with Gasteiger partial charge < -0.3 is 20.3 Å². The summed E-state index contributed by atoms with van der Waals surface area (Å²) in [5.74, 6) is -1.46. The van der Waals surface area contributed by atoms with Gasteiger partial charge in [-0.1, -0.05) is 35.9 Å². The molecule has 1 amide bonds. The fourth-order valence-corrected chi connectivity index (χ4v) is 3.38. The highest BCUT2D eigenvalue weighted by atomic mass is 19.1. The molecule has 0 aliphatic carbocycles. The number of rotatable bonds is 8. The Balaban J connectivity index is 2.24. The second-order valence-electron chi connectivity index (χ2n) is 9.46. The van der Waals surface area contributed by atoms with Crippen LogP contribution < -0.4 is 5.32 Å². The Labute approximate surface area is 188 Å². The Hall–Kier alpha value is -2.93. The molecular formula is C25H32FNO5. The first-order chi connectivity index (χ1) is 14.8. The van der Waals surface area contributed by atoms with Crippen molar-refractivity contribution in [1.29, 1.82) is 0 Å². The molecule has 2 aromatic carbocycles. The van der Waals surface area contributed by atoms with Crippen LogP contribution in [0.15, 0.2) is 42.5 Å². The van der Waals surface area contributed by atoms with Gasteiger partial charge in [-0.3, -0.25) is 4.79 Å². The van der Waals surface area contributed by atoms with Crippen LogP contribution in [-0.4, -0.2) is 40.5 Å². The molecular weight excluding hydrogens is 413 g/mol. The maximum Gasteiger partial charge on any atom is 0.407 e. The molecule has 3 N–H and O–H groups in total. The highest BCUT2D eigenvalue weighted by molar-refractivity contribution is 5.74. The average molecular weight is 446 g/mol. The first-order valence-electron chi connectivity index (χ1n) is 10.5. The number of carboxylic acids is 1. The smallest absolute Gasteiger partial charge is 0.407 e. The van der Waals surface area contributed by atoms with Crippen LogP contribution in [0, 0.1) is 18.2 Å². The average Bonchev–Trinajstić information content (AvgIpc) is 2.68. The number of carboxylic acid groups (broad SMARTS) is 1. The van der Waals surface area contributed by atoms with Gasteiger partial charge in [-0.2, -0.15) is 0 Å². The molecule has 0 spiro atoms. The molecule has 0 radical (unpaired) electrons. The first-order valence-corrected chi connectivity index (χ1v) is 10.5. The predicted octanol–water partition coefficient (Wildman–Crippen LogP) is 4.71. The second-order valence-corrected chi connectivity index (χ2v) is 9.46. The van der Waals surface area contributed by atoms with Crippen molar-refractivity contribution in [2.24, 2.45) is 5.41 Å². The van der Waals surface area contributed by atoms with Crippen LogP contribution in [0.1, 0.15) is 45.2 Å². The van der Waals surface area contributed by atoms with Crippen molar-refractivity contribution in [3.8, 4) is 11.1 Å². The van der Waals surface area contributed by atoms with Crippen LogP contribution in [0.5, 0.6) is 0 Å². The molecule has 0 saturated heterocycles. The normalized spacial score (nSPS) is 14.3. The summed E-state index contributed by atoms with van der Waals surface area (Å²) < 4.78 is 19.5. The lowest BCUT2D eigenvalue weighted by molar-refractivity contribution is -0.151. The molecule has 0 aliphatic heterocycles. The zero-order valence-corrected chi connectivity index (χ0v) is 19.2. The van der Waals surface area contributed by atoms with Gasteiger partial charge in [0.1, 0.15) is 11.4 Å². The summed E-state index contributed by atoms with van der Waals surface area (Å²) in [6, 6.07) is 11.5. The molecule has 0 aliphatic rings. The fourth-order valence-electron chi connectivity index (χ4n) is 3.38. The molecule has 174 valence electrons. The topological polar surface area (TPSA) is 95.9 Å². The number of benzene rings is 2. The van der Waals surface area contributed by atoms with Crippen LogP contribution >= 0.6 is 0 Å². The lowest BCUT2D eigenvalue weighted by atomic mass is 9.82. The minimum Gasteiger partial charge on any atom is -0.481 e. The van der Waals surface area contributed by atoms with Gasteiger partial charge in [-0.25, -0.2) is 9.18 Å². The van der Waals surface area contributed by atoms with E-state index < -0.39 is 35.7 Å². The lowest BCUT2D eigenvalue weighted by Gasteiger charge is -2.29. The summed E-state index contributed by atoms with van der Waals surface area (Å²) >= 11 is 0. The van der Waals surface area contributed by atoms with E-state index in [2.05, 4.69) is 5.32 Å². The Morgan fingerprint density at radius 1 is 1.09 bits per heavy atom. The number of hydrogen-bond donors (Lipinski definition) is 3. The Bertz CT molecular complexity index is 952. The van der Waals surface area contributed by atoms with Gasteiger partial charge in [0.2, 0.25) is 0 Å². The summed E-state index contributed by atoms with van der Waals surface area (Å²) in [7, 11) is 0. The van der Waals surface area contributed by atoms with Gasteiger partial charge in [0, 0.05) is 11.6 Å². The second kappa shape index (κ2) is 10.1. The minimum absolute atomic E-state index is 0.00629. The van der Waals surface area contributed by atoms with E-state index in [0.29, 0.717) is 12.0 Å². The maximum atomic E-state index is 14.2. The predicted molar refractivity (Wildman–Crippen MR) is 121 cm³/mol. The third-order valence-electron chi connectivity index (χ3n) is 5.15. The summed E-state index contributed by atoms with van der Waals surface area (Å²) in [5.41, 5.74) is 0.861. The van der Waals surface area contributed by atoms with Gasteiger partial charge in [0.15, 0.2) is 0 Å². The molecule has 0 heterocycles. The highest BCUT2D eigenvalue weighted by Gasteiger charge is 2.36. The molecule has 6 nitrogen and oxygen atoms in total. The number of amides is 1. The standard InChI is InChI=1S/C25H32FNO5/c1-16-6-11-21(26)20(12-16)18-9-7-17(8-10-18)13-19(14-25(5,15-28)22(29)30)27-23(31)32-24(2,3)4/h6-12,19,28H,13-15H2,1-5H3,(H,27,31)(H,29,30)/t19-,25+/m1/s1. The first kappa shape index (κ1) is 25.3. The third-order valence-corrected chi connectivity index (χ3v) is 5.15. The zero-order valence-electron chi connectivity index (χ0n) is 19.2. The molecule has 0 aromatic heterocycles. The molecule has 2 atom stereocenters. The van der Waals surface area contributed by atoms with Crippen LogP contribution in [0.2, 0.25) is 0 Å². The summed E-state index contributed by atoms with van der Waals surface area (Å²) in [5, 5.41) is 21.9. The highest BCUT2D eigenvalue weighted by Crippen LogP contribution is 2.27. The van der Waals surface area contributed by atoms with Gasteiger partial charge in [-0.05, 0) is 70.7 Å². The molecule has 2 aromatic rings. The number of aliphatic carboxylic acids is 1. The van der Waals surface area contributed by atoms with Crippen LogP contribution in [0.25, 0.3) is 11.1 Å². The largest absolute Gasteiger partial charge is 0.481 e. The van der Waals surface area contributed by atoms with Crippen molar-refractivity contribution in [3.63, 3.8) is 0 Å². The Kier molecular flexibility index (Phi) is 8.02. The zero-order chi connectivity index (χ0) is 24.1. The number of aryl methyl sites for hydroxylation is 1. The van der Waals surface area contributed by atoms with Crippen LogP contribution in [0.3, 0.4) is 0 Å². The van der Waals surface area contributed by atoms with E-state index in [1.807, 2.05) is 19.1 Å². The van der Waals surface area contributed by atoms with E-state index >= 15 is 0 Å². The molecule has 7 heteroatoms. The molecule has 0 saturated carbocycles. The number of alkyl carbamates (subject to hydrolysis) is 1. The molecule has 2 rings (SSSR count). The quantitative estimate of drug-likeness (QED) is 0.547. The van der Waals surface area contributed by atoms with Gasteiger partial charge in [0.05, 0.1) is 12.0 Å². The Morgan fingerprint density at radius 2 is 1.72 bits per heavy atom. The summed E-state index contributed by atoms with van der Waals surface area (Å²) in [6.45, 7) is 7.97. The van der Waals surface area contributed by atoms with E-state index in [0.717, 1.165) is 16.7 Å². The number of carbonyl (C=O) groups is 2. The number of aliphatic hydroxyl groups excluding tert-OH is 1. The van der Waals surface area contributed by atoms with Gasteiger partial charge in [-0.15, -0.1) is 0 Å². The van der Waals surface area contributed by atoms with Crippen molar-refractivity contribution >= 4 is 12.1 Å². The van der Waals surface area contributed by atoms with Crippen molar-refractivity contribution in [3.05, 3.63) is 59.4 Å². The van der Waals surface area contributed by atoms with Crippen molar-refractivity contribution in [1.82, 2.24) is 5.32 Å². The number of ether oxygens (including phenoxy) is 1. The maximum absolute atomic E-state index is 14.2.